The summed E-state index contributed by atoms with van der Waals surface area (Å²) in [5, 5.41) is 6.29. The van der Waals surface area contributed by atoms with E-state index >= 15 is 0 Å². The summed E-state index contributed by atoms with van der Waals surface area (Å²) in [5.41, 5.74) is 1.81. The molecule has 1 amide bonds. The lowest BCUT2D eigenvalue weighted by Gasteiger charge is -2.12. The van der Waals surface area contributed by atoms with E-state index in [-0.39, 0.29) is 17.6 Å². The van der Waals surface area contributed by atoms with E-state index in [9.17, 15) is 9.59 Å². The Hall–Kier alpha value is -2.60. The molecule has 0 aliphatic rings. The highest BCUT2D eigenvalue weighted by molar-refractivity contribution is 6.33. The Morgan fingerprint density at radius 1 is 1.21 bits per heavy atom. The van der Waals surface area contributed by atoms with E-state index < -0.39 is 5.97 Å². The molecule has 1 aromatic heterocycles. The summed E-state index contributed by atoms with van der Waals surface area (Å²) < 4.78 is 4.70. The first-order valence-electron chi connectivity index (χ1n) is 7.32. The van der Waals surface area contributed by atoms with Crippen LogP contribution in [-0.2, 0) is 4.74 Å². The number of benzene rings is 1. The van der Waals surface area contributed by atoms with Gasteiger partial charge in [0.25, 0.3) is 5.91 Å². The zero-order chi connectivity index (χ0) is 17.7. The second-order valence-electron chi connectivity index (χ2n) is 5.37. The van der Waals surface area contributed by atoms with Crippen LogP contribution in [0.1, 0.15) is 34.7 Å². The molecule has 0 radical (unpaired) electrons. The van der Waals surface area contributed by atoms with Crippen LogP contribution in [0.5, 0.6) is 0 Å². The van der Waals surface area contributed by atoms with Crippen molar-refractivity contribution < 1.29 is 14.3 Å². The van der Waals surface area contributed by atoms with Crippen molar-refractivity contribution in [2.24, 2.45) is 0 Å². The largest absolute Gasteiger partial charge is 0.465 e. The SMILES string of the molecule is COC(=O)c1ccc(Cl)c(Nc2ccnc(C(=O)NC(C)C)c2)c1. The lowest BCUT2D eigenvalue weighted by atomic mass is 10.2. The fourth-order valence-corrected chi connectivity index (χ4v) is 2.15. The van der Waals surface area contributed by atoms with Crippen molar-refractivity contribution in [3.63, 3.8) is 0 Å². The predicted molar refractivity (Wildman–Crippen MR) is 92.9 cm³/mol. The van der Waals surface area contributed by atoms with E-state index in [2.05, 4.69) is 15.6 Å². The Bertz CT molecular complexity index is 762. The molecular weight excluding hydrogens is 330 g/mol. The lowest BCUT2D eigenvalue weighted by Crippen LogP contribution is -2.30. The molecule has 2 N–H and O–H groups in total. The average Bonchev–Trinajstić information content (AvgIpc) is 2.55. The molecule has 0 saturated carbocycles. The van der Waals surface area contributed by atoms with Crippen molar-refractivity contribution in [1.29, 1.82) is 0 Å². The topological polar surface area (TPSA) is 80.3 Å². The Labute approximate surface area is 145 Å². The highest BCUT2D eigenvalue weighted by atomic mass is 35.5. The third-order valence-electron chi connectivity index (χ3n) is 3.08. The number of halogens is 1. The number of ether oxygens (including phenoxy) is 1. The number of amides is 1. The zero-order valence-corrected chi connectivity index (χ0v) is 14.3. The van der Waals surface area contributed by atoms with E-state index in [1.54, 1.807) is 30.3 Å². The number of aromatic nitrogens is 1. The molecule has 126 valence electrons. The van der Waals surface area contributed by atoms with Crippen molar-refractivity contribution >= 4 is 34.9 Å². The van der Waals surface area contributed by atoms with Gasteiger partial charge in [0.15, 0.2) is 0 Å². The molecule has 24 heavy (non-hydrogen) atoms. The number of hydrogen-bond acceptors (Lipinski definition) is 5. The van der Waals surface area contributed by atoms with Crippen molar-refractivity contribution in [3.05, 3.63) is 52.8 Å². The zero-order valence-electron chi connectivity index (χ0n) is 13.6. The number of nitrogens with one attached hydrogen (secondary N) is 2. The molecule has 1 aromatic carbocycles. The van der Waals surface area contributed by atoms with Crippen LogP contribution in [-0.4, -0.2) is 30.0 Å². The van der Waals surface area contributed by atoms with Gasteiger partial charge in [0.2, 0.25) is 0 Å². The highest BCUT2D eigenvalue weighted by Crippen LogP contribution is 2.27. The Morgan fingerprint density at radius 3 is 2.62 bits per heavy atom. The van der Waals surface area contributed by atoms with Crippen LogP contribution in [0.15, 0.2) is 36.5 Å². The van der Waals surface area contributed by atoms with Crippen molar-refractivity contribution in [1.82, 2.24) is 10.3 Å². The van der Waals surface area contributed by atoms with E-state index in [0.717, 1.165) is 0 Å². The number of esters is 1. The second kappa shape index (κ2) is 7.79. The van der Waals surface area contributed by atoms with Crippen molar-refractivity contribution in [3.8, 4) is 0 Å². The van der Waals surface area contributed by atoms with Crippen LogP contribution < -0.4 is 10.6 Å². The molecule has 0 fully saturated rings. The average molecular weight is 348 g/mol. The minimum absolute atomic E-state index is 0.0158. The van der Waals surface area contributed by atoms with Gasteiger partial charge in [-0.05, 0) is 44.2 Å². The van der Waals surface area contributed by atoms with E-state index in [1.165, 1.54) is 13.3 Å². The normalized spacial score (nSPS) is 10.4. The summed E-state index contributed by atoms with van der Waals surface area (Å²) in [6.07, 6.45) is 1.52. The third-order valence-corrected chi connectivity index (χ3v) is 3.41. The molecule has 2 aromatic rings. The van der Waals surface area contributed by atoms with Gasteiger partial charge in [-0.3, -0.25) is 9.78 Å². The maximum Gasteiger partial charge on any atom is 0.337 e. The fourth-order valence-electron chi connectivity index (χ4n) is 1.99. The summed E-state index contributed by atoms with van der Waals surface area (Å²) >= 11 is 6.16. The predicted octanol–water partition coefficient (Wildman–Crippen LogP) is 3.40. The first kappa shape index (κ1) is 17.7. The molecule has 0 spiro atoms. The molecule has 7 heteroatoms. The monoisotopic (exact) mass is 347 g/mol. The van der Waals surface area contributed by atoms with Gasteiger partial charge in [-0.25, -0.2) is 4.79 Å². The molecule has 0 bridgehead atoms. The molecule has 2 rings (SSSR count). The lowest BCUT2D eigenvalue weighted by molar-refractivity contribution is 0.0600. The Kier molecular flexibility index (Phi) is 5.76. The van der Waals surface area contributed by atoms with Gasteiger partial charge in [0.1, 0.15) is 5.69 Å². The van der Waals surface area contributed by atoms with Crippen molar-refractivity contribution in [2.45, 2.75) is 19.9 Å². The van der Waals surface area contributed by atoms with Gasteiger partial charge in [0.05, 0.1) is 23.4 Å². The van der Waals surface area contributed by atoms with Crippen LogP contribution in [0.2, 0.25) is 5.02 Å². The first-order valence-corrected chi connectivity index (χ1v) is 7.70. The third kappa shape index (κ3) is 4.45. The number of nitrogens with zero attached hydrogens (tertiary/aromatic N) is 1. The maximum absolute atomic E-state index is 12.0. The Balaban J connectivity index is 2.25. The minimum Gasteiger partial charge on any atom is -0.465 e. The van der Waals surface area contributed by atoms with Gasteiger partial charge in [-0.15, -0.1) is 0 Å². The number of carbonyl (C=O) groups excluding carboxylic acids is 2. The number of carbonyl (C=O) groups is 2. The van der Waals surface area contributed by atoms with Gasteiger partial charge in [-0.1, -0.05) is 11.6 Å². The van der Waals surface area contributed by atoms with Crippen LogP contribution in [0, 0.1) is 0 Å². The quantitative estimate of drug-likeness (QED) is 0.810. The van der Waals surface area contributed by atoms with E-state index in [1.807, 2.05) is 13.8 Å². The van der Waals surface area contributed by atoms with Gasteiger partial charge >= 0.3 is 5.97 Å². The van der Waals surface area contributed by atoms with E-state index in [0.29, 0.717) is 22.0 Å². The second-order valence-corrected chi connectivity index (χ2v) is 5.78. The fraction of sp³-hybridized carbons (Fsp3) is 0.235. The molecule has 0 unspecified atom stereocenters. The van der Waals surface area contributed by atoms with Gasteiger partial charge in [0, 0.05) is 17.9 Å². The van der Waals surface area contributed by atoms with Gasteiger partial charge < -0.3 is 15.4 Å². The smallest absolute Gasteiger partial charge is 0.337 e. The highest BCUT2D eigenvalue weighted by Gasteiger charge is 2.12. The Morgan fingerprint density at radius 2 is 1.96 bits per heavy atom. The molecule has 0 atom stereocenters. The molecule has 0 aliphatic heterocycles. The standard InChI is InChI=1S/C17H18ClN3O3/c1-10(2)20-16(22)15-9-12(6-7-19-15)21-14-8-11(17(23)24-3)4-5-13(14)18/h4-10H,1-3H3,(H,19,21)(H,20,22). The van der Waals surface area contributed by atoms with Gasteiger partial charge in [-0.2, -0.15) is 0 Å². The molecular formula is C17H18ClN3O3. The van der Waals surface area contributed by atoms with Crippen LogP contribution in [0.25, 0.3) is 0 Å². The molecule has 0 aliphatic carbocycles. The first-order chi connectivity index (χ1) is 11.4. The number of hydrogen-bond donors (Lipinski definition) is 2. The molecule has 6 nitrogen and oxygen atoms in total. The maximum atomic E-state index is 12.0. The summed E-state index contributed by atoms with van der Waals surface area (Å²) in [6, 6.07) is 8.09. The number of rotatable bonds is 5. The van der Waals surface area contributed by atoms with Crippen LogP contribution >= 0.6 is 11.6 Å². The minimum atomic E-state index is -0.457. The summed E-state index contributed by atoms with van der Waals surface area (Å²) in [6.45, 7) is 3.75. The summed E-state index contributed by atoms with van der Waals surface area (Å²) in [5.74, 6) is -0.718. The van der Waals surface area contributed by atoms with Crippen molar-refractivity contribution in [2.75, 3.05) is 12.4 Å². The van der Waals surface area contributed by atoms with Crippen LogP contribution in [0.3, 0.4) is 0 Å². The molecule has 0 saturated heterocycles. The summed E-state index contributed by atoms with van der Waals surface area (Å²) in [4.78, 5) is 27.7. The van der Waals surface area contributed by atoms with Crippen LogP contribution in [0.4, 0.5) is 11.4 Å². The molecule has 1 heterocycles. The van der Waals surface area contributed by atoms with E-state index in [4.69, 9.17) is 16.3 Å². The number of pyridine rings is 1. The summed E-state index contributed by atoms with van der Waals surface area (Å²) in [7, 11) is 1.31. The number of anilines is 2. The number of methoxy groups -OCH3 is 1.